The van der Waals surface area contributed by atoms with Crippen molar-refractivity contribution in [1.29, 1.82) is 10.5 Å². The molecule has 2 aliphatic heterocycles. The largest absolute Gasteiger partial charge is 0.480 e. The van der Waals surface area contributed by atoms with E-state index >= 15 is 0 Å². The van der Waals surface area contributed by atoms with Crippen molar-refractivity contribution in [2.45, 2.75) is 51.0 Å². The number of sulfonamides is 2. The highest BCUT2D eigenvalue weighted by Crippen LogP contribution is 2.32. The van der Waals surface area contributed by atoms with Crippen LogP contribution >= 0.6 is 11.6 Å². The van der Waals surface area contributed by atoms with Gasteiger partial charge in [0.2, 0.25) is 43.6 Å². The van der Waals surface area contributed by atoms with Crippen LogP contribution < -0.4 is 28.7 Å². The van der Waals surface area contributed by atoms with Crippen molar-refractivity contribution in [3.8, 4) is 23.9 Å². The highest BCUT2D eigenvalue weighted by molar-refractivity contribution is 7.89. The molecule has 24 heteroatoms. The summed E-state index contributed by atoms with van der Waals surface area (Å²) in [6.45, 7) is 4.99. The molecular formula is C46H50ClFN8O12S2. The second-order valence-corrected chi connectivity index (χ2v) is 19.5. The Kier molecular flexibility index (Phi) is 18.8. The Morgan fingerprint density at radius 1 is 0.700 bits per heavy atom. The number of pyridine rings is 2. The normalized spacial score (nSPS) is 14.2. The number of piperidine rings is 2. The monoisotopic (exact) mass is 1020 g/mol. The lowest BCUT2D eigenvalue weighted by Gasteiger charge is -2.32. The summed E-state index contributed by atoms with van der Waals surface area (Å²) in [6, 6.07) is 18.5. The standard InChI is InChI=1S/C23H25ClN4O6S.C23H25FN4O6S/c1-3-34-23(30)18-12-17(13-25)20(26-22(18)33-2)28-10-8-15(9-11-28)21(29)27-35(31,32)14-16-6-4-5-7-19(16)24;1-3-34-23(30)19-12-17(13-25)20(26-22(19)33-2)28-9-7-16(8-10-28)21(29)27-35(31,32)14-15-5-4-6-18(24)11-15/h4-7,12,15H,3,8-11,14H2,1-2H3,(H,27,29);4-6,11-12,16H,3,7-10,14H2,1-2H3,(H,27,29). The number of amides is 2. The van der Waals surface area contributed by atoms with Crippen molar-refractivity contribution < 1.29 is 59.4 Å². The van der Waals surface area contributed by atoms with Crippen LogP contribution in [0.3, 0.4) is 0 Å². The number of anilines is 2. The van der Waals surface area contributed by atoms with Crippen molar-refractivity contribution in [3.63, 3.8) is 0 Å². The fourth-order valence-electron chi connectivity index (χ4n) is 7.56. The highest BCUT2D eigenvalue weighted by Gasteiger charge is 2.33. The van der Waals surface area contributed by atoms with Gasteiger partial charge in [0, 0.05) is 43.0 Å². The molecule has 6 rings (SSSR count). The third kappa shape index (κ3) is 14.2. The molecule has 70 heavy (non-hydrogen) atoms. The van der Waals surface area contributed by atoms with E-state index in [2.05, 4.69) is 19.4 Å². The number of carbonyl (C=O) groups excluding carboxylic acids is 4. The van der Waals surface area contributed by atoms with Gasteiger partial charge in [0.15, 0.2) is 11.6 Å². The Morgan fingerprint density at radius 3 is 1.54 bits per heavy atom. The van der Waals surface area contributed by atoms with E-state index in [1.165, 1.54) is 44.6 Å². The molecule has 2 aliphatic rings. The van der Waals surface area contributed by atoms with E-state index < -0.39 is 73.0 Å². The van der Waals surface area contributed by atoms with Gasteiger partial charge < -0.3 is 28.7 Å². The predicted molar refractivity (Wildman–Crippen MR) is 252 cm³/mol. The van der Waals surface area contributed by atoms with Crippen molar-refractivity contribution >= 4 is 67.0 Å². The number of esters is 2. The van der Waals surface area contributed by atoms with Crippen LogP contribution in [0, 0.1) is 40.3 Å². The van der Waals surface area contributed by atoms with Crippen molar-refractivity contribution in [2.75, 3.05) is 63.4 Å². The smallest absolute Gasteiger partial charge is 0.343 e. The molecule has 0 atom stereocenters. The lowest BCUT2D eigenvalue weighted by Crippen LogP contribution is -2.43. The fourth-order valence-corrected chi connectivity index (χ4v) is 10.2. The Hall–Kier alpha value is -7.08. The summed E-state index contributed by atoms with van der Waals surface area (Å²) in [5.74, 6) is -4.43. The Morgan fingerprint density at radius 2 is 1.14 bits per heavy atom. The second kappa shape index (κ2) is 24.5. The molecule has 2 N–H and O–H groups in total. The first-order valence-electron chi connectivity index (χ1n) is 21.7. The van der Waals surface area contributed by atoms with E-state index in [9.17, 15) is 50.9 Å². The number of nitrogens with zero attached hydrogens (tertiary/aromatic N) is 6. The van der Waals surface area contributed by atoms with Crippen LogP contribution in [-0.2, 0) is 50.6 Å². The topological polar surface area (TPSA) is 277 Å². The Labute approximate surface area is 409 Å². The molecule has 20 nitrogen and oxygen atoms in total. The van der Waals surface area contributed by atoms with Gasteiger partial charge in [-0.3, -0.25) is 19.0 Å². The maximum atomic E-state index is 13.3. The van der Waals surface area contributed by atoms with Crippen LogP contribution in [0.5, 0.6) is 11.8 Å². The van der Waals surface area contributed by atoms with Crippen LogP contribution in [0.1, 0.15) is 82.5 Å². The zero-order valence-electron chi connectivity index (χ0n) is 38.6. The average Bonchev–Trinajstić information content (AvgIpc) is 3.33. The SMILES string of the molecule is CCOC(=O)c1cc(C#N)c(N2CCC(C(=O)NS(=O)(=O)Cc3cccc(F)c3)CC2)nc1OC.CCOC(=O)c1cc(C#N)c(N2CCC(C(=O)NS(=O)(=O)Cc3ccccc3Cl)CC2)nc1OC. The van der Waals surface area contributed by atoms with Gasteiger partial charge in [0.05, 0.1) is 50.1 Å². The van der Waals surface area contributed by atoms with Crippen LogP contribution in [-0.4, -0.2) is 104 Å². The number of benzene rings is 2. The number of hydrogen-bond donors (Lipinski definition) is 2. The minimum atomic E-state index is -4.00. The number of hydrogen-bond acceptors (Lipinski definition) is 18. The van der Waals surface area contributed by atoms with Crippen molar-refractivity contribution in [3.05, 3.63) is 105 Å². The molecule has 372 valence electrons. The van der Waals surface area contributed by atoms with E-state index in [4.69, 9.17) is 30.5 Å². The average molecular weight is 1030 g/mol. The van der Waals surface area contributed by atoms with Gasteiger partial charge >= 0.3 is 11.9 Å². The molecule has 0 aliphatic carbocycles. The van der Waals surface area contributed by atoms with Crippen LogP contribution in [0.15, 0.2) is 60.7 Å². The Balaban J connectivity index is 0.000000261. The number of carbonyl (C=O) groups is 4. The minimum Gasteiger partial charge on any atom is -0.480 e. The summed E-state index contributed by atoms with van der Waals surface area (Å²) in [4.78, 5) is 61.9. The molecule has 2 aromatic heterocycles. The third-order valence-electron chi connectivity index (χ3n) is 10.9. The quantitative estimate of drug-likeness (QED) is 0.143. The van der Waals surface area contributed by atoms with Gasteiger partial charge in [-0.2, -0.15) is 20.5 Å². The first-order valence-corrected chi connectivity index (χ1v) is 25.4. The van der Waals surface area contributed by atoms with Gasteiger partial charge in [-0.15, -0.1) is 0 Å². The predicted octanol–water partition coefficient (Wildman–Crippen LogP) is 4.79. The molecule has 4 aromatic rings. The van der Waals surface area contributed by atoms with E-state index in [0.717, 1.165) is 6.07 Å². The molecule has 2 saturated heterocycles. The summed E-state index contributed by atoms with van der Waals surface area (Å²) in [5.41, 5.74) is 1.03. The molecule has 2 amide bonds. The van der Waals surface area contributed by atoms with Crippen LogP contribution in [0.25, 0.3) is 0 Å². The minimum absolute atomic E-state index is 0.0146. The number of methoxy groups -OCH3 is 2. The molecule has 4 heterocycles. The van der Waals surface area contributed by atoms with Gasteiger partial charge in [0.1, 0.15) is 29.1 Å². The molecule has 2 aromatic carbocycles. The molecule has 2 fully saturated rings. The van der Waals surface area contributed by atoms with Gasteiger partial charge in [-0.25, -0.2) is 30.8 Å². The highest BCUT2D eigenvalue weighted by atomic mass is 35.5. The lowest BCUT2D eigenvalue weighted by atomic mass is 9.96. The summed E-state index contributed by atoms with van der Waals surface area (Å²) < 4.78 is 87.7. The Bertz CT molecular complexity index is 2900. The molecule has 0 bridgehead atoms. The maximum Gasteiger partial charge on any atom is 0.343 e. The molecule has 0 spiro atoms. The lowest BCUT2D eigenvalue weighted by molar-refractivity contribution is -0.124. The van der Waals surface area contributed by atoms with E-state index in [1.54, 1.807) is 47.9 Å². The summed E-state index contributed by atoms with van der Waals surface area (Å²) >= 11 is 6.03. The van der Waals surface area contributed by atoms with Crippen LogP contribution in [0.2, 0.25) is 5.02 Å². The summed E-state index contributed by atoms with van der Waals surface area (Å²) in [5, 5.41) is 19.5. The molecule has 0 saturated carbocycles. The fraction of sp³-hybridized carbons (Fsp3) is 0.391. The van der Waals surface area contributed by atoms with E-state index in [1.807, 2.05) is 12.1 Å². The zero-order chi connectivity index (χ0) is 51.2. The van der Waals surface area contributed by atoms with E-state index in [0.29, 0.717) is 74.1 Å². The number of ether oxygens (including phenoxy) is 4. The third-order valence-corrected chi connectivity index (χ3v) is 13.7. The van der Waals surface area contributed by atoms with Gasteiger partial charge in [-0.05, 0) is 81.0 Å². The molecule has 0 unspecified atom stereocenters. The summed E-state index contributed by atoms with van der Waals surface area (Å²) in [7, 11) is -5.21. The first-order chi connectivity index (χ1) is 33.4. The second-order valence-electron chi connectivity index (χ2n) is 15.7. The molecular weight excluding hydrogens is 975 g/mol. The van der Waals surface area contributed by atoms with Crippen molar-refractivity contribution in [2.24, 2.45) is 11.8 Å². The number of aromatic nitrogens is 2. The first kappa shape index (κ1) is 53.9. The number of halogens is 2. The van der Waals surface area contributed by atoms with Gasteiger partial charge in [0.25, 0.3) is 0 Å². The number of rotatable bonds is 16. The van der Waals surface area contributed by atoms with Crippen molar-refractivity contribution in [1.82, 2.24) is 19.4 Å². The van der Waals surface area contributed by atoms with Gasteiger partial charge in [-0.1, -0.05) is 41.9 Å². The molecule has 0 radical (unpaired) electrons. The van der Waals surface area contributed by atoms with E-state index in [-0.39, 0.29) is 52.8 Å². The number of nitrogens with one attached hydrogen (secondary N) is 2. The maximum absolute atomic E-state index is 13.3. The van der Waals surface area contributed by atoms with Crippen LogP contribution in [0.4, 0.5) is 16.0 Å². The number of nitriles is 2. The summed E-state index contributed by atoms with van der Waals surface area (Å²) in [6.07, 6.45) is 1.33. The zero-order valence-corrected chi connectivity index (χ0v) is 41.0.